The standard InChI is InChI=1S/C11H18N2O4/c14-6-9-1-2-10(13-17-9)11(15)12-5-8-3-4-16-7-8/h8-9,14H,1-7H2,(H,12,15). The highest BCUT2D eigenvalue weighted by Gasteiger charge is 2.23. The normalized spacial score (nSPS) is 28.4. The maximum Gasteiger partial charge on any atom is 0.269 e. The Morgan fingerprint density at radius 3 is 3.00 bits per heavy atom. The van der Waals surface area contributed by atoms with Gasteiger partial charge in [0, 0.05) is 25.5 Å². The second kappa shape index (κ2) is 5.97. The minimum Gasteiger partial charge on any atom is -0.392 e. The highest BCUT2D eigenvalue weighted by Crippen LogP contribution is 2.12. The van der Waals surface area contributed by atoms with E-state index in [2.05, 4.69) is 10.5 Å². The fraction of sp³-hybridized carbons (Fsp3) is 0.818. The van der Waals surface area contributed by atoms with E-state index in [0.717, 1.165) is 19.6 Å². The lowest BCUT2D eigenvalue weighted by molar-refractivity contribution is -0.115. The second-order valence-electron chi connectivity index (χ2n) is 4.43. The zero-order valence-electron chi connectivity index (χ0n) is 9.72. The molecule has 1 saturated heterocycles. The molecule has 0 aliphatic carbocycles. The molecule has 0 bridgehead atoms. The SMILES string of the molecule is O=C(NCC1CCOC1)C1=NOC(CO)CC1. The molecule has 0 aromatic rings. The van der Waals surface area contributed by atoms with Crippen molar-refractivity contribution in [3.8, 4) is 0 Å². The summed E-state index contributed by atoms with van der Waals surface area (Å²) in [7, 11) is 0. The van der Waals surface area contributed by atoms with Crippen molar-refractivity contribution in [2.75, 3.05) is 26.4 Å². The number of hydrogen-bond acceptors (Lipinski definition) is 5. The molecular weight excluding hydrogens is 224 g/mol. The summed E-state index contributed by atoms with van der Waals surface area (Å²) >= 11 is 0. The van der Waals surface area contributed by atoms with E-state index in [9.17, 15) is 4.79 Å². The molecule has 1 fully saturated rings. The van der Waals surface area contributed by atoms with Crippen molar-refractivity contribution < 1.29 is 19.5 Å². The van der Waals surface area contributed by atoms with Crippen LogP contribution in [-0.2, 0) is 14.4 Å². The van der Waals surface area contributed by atoms with Crippen molar-refractivity contribution >= 4 is 11.6 Å². The number of nitrogens with one attached hydrogen (secondary N) is 1. The molecule has 2 heterocycles. The lowest BCUT2D eigenvalue weighted by Gasteiger charge is -2.19. The van der Waals surface area contributed by atoms with Gasteiger partial charge in [0.1, 0.15) is 5.71 Å². The Morgan fingerprint density at radius 2 is 2.41 bits per heavy atom. The van der Waals surface area contributed by atoms with Crippen molar-refractivity contribution in [2.45, 2.75) is 25.4 Å². The van der Waals surface area contributed by atoms with Gasteiger partial charge in [-0.25, -0.2) is 0 Å². The molecule has 2 atom stereocenters. The number of oxime groups is 1. The van der Waals surface area contributed by atoms with Crippen LogP contribution in [0.5, 0.6) is 0 Å². The van der Waals surface area contributed by atoms with Crippen molar-refractivity contribution in [3.63, 3.8) is 0 Å². The van der Waals surface area contributed by atoms with Gasteiger partial charge in [-0.2, -0.15) is 0 Å². The van der Waals surface area contributed by atoms with Gasteiger partial charge >= 0.3 is 0 Å². The van der Waals surface area contributed by atoms with Gasteiger partial charge < -0.3 is 20.0 Å². The largest absolute Gasteiger partial charge is 0.392 e. The van der Waals surface area contributed by atoms with Crippen molar-refractivity contribution in [1.29, 1.82) is 0 Å². The third kappa shape index (κ3) is 3.41. The Hall–Kier alpha value is -1.14. The molecule has 0 aromatic heterocycles. The summed E-state index contributed by atoms with van der Waals surface area (Å²) in [4.78, 5) is 16.7. The van der Waals surface area contributed by atoms with Gasteiger partial charge in [-0.3, -0.25) is 4.79 Å². The van der Waals surface area contributed by atoms with Crippen LogP contribution in [0.15, 0.2) is 5.16 Å². The molecule has 0 saturated carbocycles. The summed E-state index contributed by atoms with van der Waals surface area (Å²) in [5.41, 5.74) is 0.411. The molecule has 2 unspecified atom stereocenters. The highest BCUT2D eigenvalue weighted by atomic mass is 16.6. The average Bonchev–Trinajstić information content (AvgIpc) is 2.89. The van der Waals surface area contributed by atoms with Crippen LogP contribution >= 0.6 is 0 Å². The van der Waals surface area contributed by atoms with E-state index in [4.69, 9.17) is 14.7 Å². The summed E-state index contributed by atoms with van der Waals surface area (Å²) in [5, 5.41) is 15.4. The van der Waals surface area contributed by atoms with E-state index >= 15 is 0 Å². The zero-order valence-corrected chi connectivity index (χ0v) is 9.72. The van der Waals surface area contributed by atoms with Gasteiger partial charge in [0.05, 0.1) is 13.2 Å². The fourth-order valence-corrected chi connectivity index (χ4v) is 1.90. The molecule has 0 aromatic carbocycles. The number of ether oxygens (including phenoxy) is 1. The van der Waals surface area contributed by atoms with Crippen molar-refractivity contribution in [1.82, 2.24) is 5.32 Å². The van der Waals surface area contributed by atoms with E-state index < -0.39 is 0 Å². The molecule has 0 radical (unpaired) electrons. The Balaban J connectivity index is 1.74. The lowest BCUT2D eigenvalue weighted by atomic mass is 10.1. The number of carbonyl (C=O) groups excluding carboxylic acids is 1. The lowest BCUT2D eigenvalue weighted by Crippen LogP contribution is -2.37. The number of amides is 1. The van der Waals surface area contributed by atoms with Gasteiger partial charge in [-0.1, -0.05) is 5.16 Å². The molecule has 2 aliphatic rings. The van der Waals surface area contributed by atoms with E-state index in [0.29, 0.717) is 31.0 Å². The number of hydrogen-bond donors (Lipinski definition) is 2. The Labute approximate surface area is 100.0 Å². The monoisotopic (exact) mass is 242 g/mol. The van der Waals surface area contributed by atoms with E-state index in [-0.39, 0.29) is 18.6 Å². The zero-order chi connectivity index (χ0) is 12.1. The van der Waals surface area contributed by atoms with Gasteiger partial charge in [0.25, 0.3) is 5.91 Å². The van der Waals surface area contributed by atoms with Crippen LogP contribution < -0.4 is 5.32 Å². The van der Waals surface area contributed by atoms with Crippen molar-refractivity contribution in [3.05, 3.63) is 0 Å². The van der Waals surface area contributed by atoms with E-state index in [1.165, 1.54) is 0 Å². The van der Waals surface area contributed by atoms with Gasteiger partial charge in [-0.05, 0) is 12.8 Å². The minimum atomic E-state index is -0.269. The summed E-state index contributed by atoms with van der Waals surface area (Å²) in [6, 6.07) is 0. The van der Waals surface area contributed by atoms with Crippen LogP contribution in [0.2, 0.25) is 0 Å². The van der Waals surface area contributed by atoms with Crippen LogP contribution in [0.4, 0.5) is 0 Å². The third-order valence-corrected chi connectivity index (χ3v) is 3.06. The van der Waals surface area contributed by atoms with Crippen LogP contribution in [0.1, 0.15) is 19.3 Å². The van der Waals surface area contributed by atoms with Gasteiger partial charge in [-0.15, -0.1) is 0 Å². The van der Waals surface area contributed by atoms with Crippen LogP contribution in [0, 0.1) is 5.92 Å². The summed E-state index contributed by atoms with van der Waals surface area (Å²) in [5.74, 6) is 0.238. The molecule has 1 amide bonds. The second-order valence-corrected chi connectivity index (χ2v) is 4.43. The van der Waals surface area contributed by atoms with E-state index in [1.54, 1.807) is 0 Å². The summed E-state index contributed by atoms with van der Waals surface area (Å²) in [6.07, 6.45) is 1.92. The maximum atomic E-state index is 11.7. The average molecular weight is 242 g/mol. The first kappa shape index (κ1) is 12.3. The number of carbonyl (C=O) groups is 1. The Bertz CT molecular complexity index is 300. The molecule has 2 N–H and O–H groups in total. The maximum absolute atomic E-state index is 11.7. The molecule has 2 aliphatic heterocycles. The Kier molecular flexibility index (Phi) is 4.33. The van der Waals surface area contributed by atoms with Gasteiger partial charge in [0.2, 0.25) is 0 Å². The first-order valence-corrected chi connectivity index (χ1v) is 5.99. The van der Waals surface area contributed by atoms with Crippen LogP contribution in [-0.4, -0.2) is 49.2 Å². The van der Waals surface area contributed by atoms with Crippen LogP contribution in [0.25, 0.3) is 0 Å². The smallest absolute Gasteiger partial charge is 0.269 e. The molecule has 2 rings (SSSR count). The predicted octanol–water partition coefficient (Wildman–Crippen LogP) is -0.334. The summed E-state index contributed by atoms with van der Waals surface area (Å²) in [6.45, 7) is 2.07. The molecular formula is C11H18N2O4. The first-order chi connectivity index (χ1) is 8.29. The predicted molar refractivity (Wildman–Crippen MR) is 60.6 cm³/mol. The molecule has 96 valence electrons. The fourth-order valence-electron chi connectivity index (χ4n) is 1.90. The molecule has 0 spiro atoms. The minimum absolute atomic E-state index is 0.0577. The summed E-state index contributed by atoms with van der Waals surface area (Å²) < 4.78 is 5.23. The molecule has 6 heteroatoms. The van der Waals surface area contributed by atoms with E-state index in [1.807, 2.05) is 0 Å². The van der Waals surface area contributed by atoms with Gasteiger partial charge in [0.15, 0.2) is 6.10 Å². The Morgan fingerprint density at radius 1 is 1.53 bits per heavy atom. The quantitative estimate of drug-likeness (QED) is 0.707. The highest BCUT2D eigenvalue weighted by molar-refractivity contribution is 6.38. The van der Waals surface area contributed by atoms with Crippen LogP contribution in [0.3, 0.4) is 0 Å². The third-order valence-electron chi connectivity index (χ3n) is 3.06. The number of aliphatic hydroxyl groups excluding tert-OH is 1. The topological polar surface area (TPSA) is 80.2 Å². The van der Waals surface area contributed by atoms with Crippen molar-refractivity contribution in [2.24, 2.45) is 11.1 Å². The molecule has 17 heavy (non-hydrogen) atoms. The first-order valence-electron chi connectivity index (χ1n) is 5.99. The molecule has 6 nitrogen and oxygen atoms in total. The number of nitrogens with zero attached hydrogens (tertiary/aromatic N) is 1. The number of aliphatic hydroxyl groups is 1. The number of rotatable bonds is 4.